The average molecular weight is 217 g/mol. The van der Waals surface area contributed by atoms with E-state index in [1.165, 1.54) is 12.1 Å². The van der Waals surface area contributed by atoms with Crippen LogP contribution in [0.3, 0.4) is 0 Å². The number of nitrogens with zero attached hydrogens (tertiary/aromatic N) is 1. The Morgan fingerprint density at radius 1 is 1.19 bits per heavy atom. The van der Waals surface area contributed by atoms with Crippen LogP contribution >= 0.6 is 0 Å². The first-order chi connectivity index (χ1) is 7.74. The van der Waals surface area contributed by atoms with Gasteiger partial charge in [0.25, 0.3) is 0 Å². The third-order valence-corrected chi connectivity index (χ3v) is 1.47. The molecule has 0 radical (unpaired) electrons. The molecule has 16 heavy (non-hydrogen) atoms. The van der Waals surface area contributed by atoms with Gasteiger partial charge in [-0.2, -0.15) is 5.26 Å². The van der Waals surface area contributed by atoms with Crippen molar-refractivity contribution in [3.8, 4) is 11.8 Å². The molecule has 1 aromatic rings. The number of hydrogen-bond acceptors (Lipinski definition) is 3. The van der Waals surface area contributed by atoms with Gasteiger partial charge in [-0.1, -0.05) is 12.2 Å². The molecule has 84 valence electrons. The molecule has 0 amide bonds. The van der Waals surface area contributed by atoms with Gasteiger partial charge in [0.15, 0.2) is 0 Å². The zero-order chi connectivity index (χ0) is 12.2. The highest BCUT2D eigenvalue weighted by atomic mass is 16.5. The summed E-state index contributed by atoms with van der Waals surface area (Å²) in [5, 5.41) is 17.0. The molecule has 0 saturated heterocycles. The Hall–Kier alpha value is -2.05. The molecular formula is C13H15NO2. The van der Waals surface area contributed by atoms with Crippen LogP contribution in [0.5, 0.6) is 5.75 Å². The Balaban J connectivity index is 0.000000293. The minimum absolute atomic E-state index is 0.189. The van der Waals surface area contributed by atoms with Crippen molar-refractivity contribution in [1.82, 2.24) is 0 Å². The summed E-state index contributed by atoms with van der Waals surface area (Å²) >= 11 is 0. The van der Waals surface area contributed by atoms with Gasteiger partial charge in [-0.05, 0) is 24.3 Å². The highest BCUT2D eigenvalue weighted by Crippen LogP contribution is 2.07. The lowest BCUT2D eigenvalue weighted by molar-refractivity contribution is 0.194. The molecule has 0 heterocycles. The zero-order valence-corrected chi connectivity index (χ0v) is 9.10. The Labute approximate surface area is 95.9 Å². The minimum atomic E-state index is 0.189. The lowest BCUT2D eigenvalue weighted by Gasteiger charge is -1.89. The fraction of sp³-hybridized carbons (Fsp3) is 0.154. The van der Waals surface area contributed by atoms with Gasteiger partial charge < -0.3 is 9.84 Å². The van der Waals surface area contributed by atoms with Crippen molar-refractivity contribution < 1.29 is 9.84 Å². The van der Waals surface area contributed by atoms with E-state index in [0.717, 1.165) is 0 Å². The van der Waals surface area contributed by atoms with Crippen LogP contribution < -0.4 is 0 Å². The Morgan fingerprint density at radius 2 is 1.69 bits per heavy atom. The second-order valence-corrected chi connectivity index (χ2v) is 2.77. The summed E-state index contributed by atoms with van der Waals surface area (Å²) < 4.78 is 4.90. The summed E-state index contributed by atoms with van der Waals surface area (Å²) in [7, 11) is 0. The van der Waals surface area contributed by atoms with E-state index in [2.05, 4.69) is 13.2 Å². The molecule has 1 rings (SSSR count). The minimum Gasteiger partial charge on any atom is -0.508 e. The molecule has 1 N–H and O–H groups in total. The first-order valence-electron chi connectivity index (χ1n) is 4.73. The second kappa shape index (κ2) is 9.50. The average Bonchev–Trinajstić information content (AvgIpc) is 2.32. The monoisotopic (exact) mass is 217 g/mol. The maximum absolute atomic E-state index is 8.74. The molecule has 0 fully saturated rings. The van der Waals surface area contributed by atoms with Gasteiger partial charge in [0.1, 0.15) is 5.75 Å². The van der Waals surface area contributed by atoms with Crippen LogP contribution in [-0.4, -0.2) is 18.3 Å². The van der Waals surface area contributed by atoms with Crippen molar-refractivity contribution in [2.24, 2.45) is 0 Å². The molecule has 0 aromatic heterocycles. The van der Waals surface area contributed by atoms with E-state index < -0.39 is 0 Å². The summed E-state index contributed by atoms with van der Waals surface area (Å²) in [5.41, 5.74) is 0.563. The second-order valence-electron chi connectivity index (χ2n) is 2.77. The third kappa shape index (κ3) is 7.36. The van der Waals surface area contributed by atoms with Crippen LogP contribution in [0.1, 0.15) is 5.56 Å². The first kappa shape index (κ1) is 13.9. The first-order valence-corrected chi connectivity index (χ1v) is 4.73. The van der Waals surface area contributed by atoms with Crippen LogP contribution in [0.2, 0.25) is 0 Å². The maximum Gasteiger partial charge on any atom is 0.115 e. The Kier molecular flexibility index (Phi) is 8.29. The van der Waals surface area contributed by atoms with Crippen molar-refractivity contribution in [3.63, 3.8) is 0 Å². The van der Waals surface area contributed by atoms with Gasteiger partial charge in [0.05, 0.1) is 24.8 Å². The van der Waals surface area contributed by atoms with E-state index in [0.29, 0.717) is 18.8 Å². The highest BCUT2D eigenvalue weighted by molar-refractivity contribution is 5.33. The molecule has 0 atom stereocenters. The predicted octanol–water partition coefficient (Wildman–Crippen LogP) is 2.64. The van der Waals surface area contributed by atoms with E-state index in [4.69, 9.17) is 15.1 Å². The normalized spacial score (nSPS) is 8.19. The molecule has 0 unspecified atom stereocenters. The van der Waals surface area contributed by atoms with Gasteiger partial charge in [-0.15, -0.1) is 13.2 Å². The lowest BCUT2D eigenvalue weighted by atomic mass is 10.2. The molecule has 3 nitrogen and oxygen atoms in total. The highest BCUT2D eigenvalue weighted by Gasteiger charge is 1.86. The molecule has 0 bridgehead atoms. The fourth-order valence-electron chi connectivity index (χ4n) is 0.771. The van der Waals surface area contributed by atoms with Crippen molar-refractivity contribution in [2.75, 3.05) is 13.2 Å². The van der Waals surface area contributed by atoms with Gasteiger partial charge in [0.2, 0.25) is 0 Å². The topological polar surface area (TPSA) is 53.2 Å². The summed E-state index contributed by atoms with van der Waals surface area (Å²) in [6.07, 6.45) is 3.42. The Bertz CT molecular complexity index is 341. The van der Waals surface area contributed by atoms with E-state index in [1.807, 2.05) is 6.07 Å². The van der Waals surface area contributed by atoms with Gasteiger partial charge in [-0.25, -0.2) is 0 Å². The van der Waals surface area contributed by atoms with Crippen molar-refractivity contribution >= 4 is 0 Å². The predicted molar refractivity (Wildman–Crippen MR) is 64.0 cm³/mol. The third-order valence-electron chi connectivity index (χ3n) is 1.47. The number of hydrogen-bond donors (Lipinski definition) is 1. The number of aromatic hydroxyl groups is 1. The quantitative estimate of drug-likeness (QED) is 0.623. The largest absolute Gasteiger partial charge is 0.508 e. The number of ether oxygens (including phenoxy) is 1. The SMILES string of the molecule is C=CCOCC=C.N#Cc1ccc(O)cc1. The van der Waals surface area contributed by atoms with Gasteiger partial charge in [0, 0.05) is 0 Å². The molecule has 0 saturated carbocycles. The molecule has 1 aromatic carbocycles. The number of phenols is 1. The number of benzene rings is 1. The summed E-state index contributed by atoms with van der Waals surface area (Å²) in [6, 6.07) is 8.04. The van der Waals surface area contributed by atoms with E-state index >= 15 is 0 Å². The molecule has 0 spiro atoms. The number of rotatable bonds is 4. The zero-order valence-electron chi connectivity index (χ0n) is 9.10. The molecular weight excluding hydrogens is 202 g/mol. The molecule has 0 aliphatic heterocycles. The molecule has 3 heteroatoms. The maximum atomic E-state index is 8.74. The summed E-state index contributed by atoms with van der Waals surface area (Å²) in [5.74, 6) is 0.189. The standard InChI is InChI=1S/C7H5NO.C6H10O/c8-5-6-1-3-7(9)4-2-6;1-3-5-7-6-4-2/h1-4,9H;3-4H,1-2,5-6H2. The summed E-state index contributed by atoms with van der Waals surface area (Å²) in [4.78, 5) is 0. The van der Waals surface area contributed by atoms with Crippen molar-refractivity contribution in [2.45, 2.75) is 0 Å². The Morgan fingerprint density at radius 3 is 2.06 bits per heavy atom. The fourth-order valence-corrected chi connectivity index (χ4v) is 0.771. The van der Waals surface area contributed by atoms with Crippen LogP contribution in [0.4, 0.5) is 0 Å². The van der Waals surface area contributed by atoms with Crippen LogP contribution in [-0.2, 0) is 4.74 Å². The smallest absolute Gasteiger partial charge is 0.115 e. The van der Waals surface area contributed by atoms with E-state index in [1.54, 1.807) is 24.3 Å². The van der Waals surface area contributed by atoms with Crippen LogP contribution in [0.15, 0.2) is 49.6 Å². The van der Waals surface area contributed by atoms with E-state index in [9.17, 15) is 0 Å². The van der Waals surface area contributed by atoms with Gasteiger partial charge in [-0.3, -0.25) is 0 Å². The molecule has 0 aliphatic carbocycles. The number of phenolic OH excluding ortho intramolecular Hbond substituents is 1. The molecule has 0 aliphatic rings. The van der Waals surface area contributed by atoms with Crippen LogP contribution in [0, 0.1) is 11.3 Å². The van der Waals surface area contributed by atoms with Gasteiger partial charge >= 0.3 is 0 Å². The van der Waals surface area contributed by atoms with Crippen LogP contribution in [0.25, 0.3) is 0 Å². The summed E-state index contributed by atoms with van der Waals surface area (Å²) in [6.45, 7) is 8.18. The van der Waals surface area contributed by atoms with Crippen molar-refractivity contribution in [1.29, 1.82) is 5.26 Å². The number of nitriles is 1. The lowest BCUT2D eigenvalue weighted by Crippen LogP contribution is -1.87. The van der Waals surface area contributed by atoms with Crippen molar-refractivity contribution in [3.05, 3.63) is 55.1 Å². The van der Waals surface area contributed by atoms with E-state index in [-0.39, 0.29) is 5.75 Å².